The summed E-state index contributed by atoms with van der Waals surface area (Å²) in [5.41, 5.74) is -3.96. The highest BCUT2D eigenvalue weighted by molar-refractivity contribution is 6.23. The second-order valence-corrected chi connectivity index (χ2v) is 16.4. The van der Waals surface area contributed by atoms with Gasteiger partial charge in [0.25, 0.3) is 5.56 Å². The lowest BCUT2D eigenvalue weighted by Gasteiger charge is -2.37. The Kier molecular flexibility index (Phi) is 10.9. The number of pyridine rings is 1. The molecule has 1 aliphatic rings. The maximum absolute atomic E-state index is 14.8. The quantitative estimate of drug-likeness (QED) is 0.0983. The van der Waals surface area contributed by atoms with Gasteiger partial charge in [0, 0.05) is 38.0 Å². The minimum Gasteiger partial charge on any atom is -0.507 e. The monoisotopic (exact) mass is 848 g/mol. The summed E-state index contributed by atoms with van der Waals surface area (Å²) in [6.45, 7) is 8.97. The number of methoxy groups -OCH3 is 1. The number of carbonyl (C=O) groups is 4. The molecule has 3 unspecified atom stereocenters. The van der Waals surface area contributed by atoms with E-state index in [9.17, 15) is 58.5 Å². The lowest BCUT2D eigenvalue weighted by molar-refractivity contribution is -0.148. The smallest absolute Gasteiger partial charge is 0.326 e. The van der Waals surface area contributed by atoms with Gasteiger partial charge in [0.05, 0.1) is 35.2 Å². The largest absolute Gasteiger partial charge is 0.507 e. The van der Waals surface area contributed by atoms with Crippen molar-refractivity contribution in [3.8, 4) is 17.2 Å². The molecular weight excluding hydrogens is 805 g/mol. The number of rotatable bonds is 10. The summed E-state index contributed by atoms with van der Waals surface area (Å²) in [4.78, 5) is 126. The van der Waals surface area contributed by atoms with E-state index in [-0.39, 0.29) is 68.0 Å². The van der Waals surface area contributed by atoms with Crippen LogP contribution in [0.5, 0.6) is 17.2 Å². The topological polar surface area (TPSA) is 256 Å². The number of benzene rings is 5. The third kappa shape index (κ3) is 6.58. The molecule has 17 heteroatoms. The van der Waals surface area contributed by atoms with Crippen molar-refractivity contribution in [3.63, 3.8) is 0 Å². The molecule has 1 aromatic heterocycles. The third-order valence-electron chi connectivity index (χ3n) is 12.1. The zero-order valence-electron chi connectivity index (χ0n) is 34.9. The number of hydrogen-bond acceptors (Lipinski definition) is 12. The van der Waals surface area contributed by atoms with Crippen molar-refractivity contribution in [1.29, 1.82) is 0 Å². The van der Waals surface area contributed by atoms with E-state index in [1.54, 1.807) is 34.6 Å². The molecular formula is C45H44N4O13. The van der Waals surface area contributed by atoms with Gasteiger partial charge in [-0.15, -0.1) is 0 Å². The summed E-state index contributed by atoms with van der Waals surface area (Å²) < 4.78 is 6.69. The Labute approximate surface area is 350 Å². The number of aryl methyl sites for hydroxylation is 1. The van der Waals surface area contributed by atoms with Crippen LogP contribution in [-0.2, 0) is 25.7 Å². The van der Waals surface area contributed by atoms with E-state index < -0.39 is 109 Å². The number of aromatic hydroxyl groups is 2. The van der Waals surface area contributed by atoms with E-state index in [2.05, 4.69) is 10.6 Å². The molecule has 6 aromatic rings. The minimum absolute atomic E-state index is 0.0314. The Balaban J connectivity index is 1.44. The first-order valence-electron chi connectivity index (χ1n) is 20.1. The maximum atomic E-state index is 14.8. The molecule has 1 fully saturated rings. The number of phenols is 2. The number of hydrogen-bond donors (Lipinski definition) is 5. The number of amides is 3. The summed E-state index contributed by atoms with van der Waals surface area (Å²) in [5, 5.41) is 33.9. The predicted octanol–water partition coefficient (Wildman–Crippen LogP) is 2.50. The van der Waals surface area contributed by atoms with Crippen LogP contribution in [0.1, 0.15) is 64.6 Å². The Morgan fingerprint density at radius 1 is 0.839 bits per heavy atom. The van der Waals surface area contributed by atoms with Crippen LogP contribution in [-0.4, -0.2) is 80.3 Å². The number of aromatic nitrogens is 1. The molecule has 5 aromatic carbocycles. The fourth-order valence-electron chi connectivity index (χ4n) is 8.68. The van der Waals surface area contributed by atoms with Crippen molar-refractivity contribution in [2.45, 2.75) is 85.0 Å². The number of ether oxygens (including phenoxy) is 1. The number of carbonyl (C=O) groups excluding carboxylic acids is 3. The average molecular weight is 849 g/mol. The van der Waals surface area contributed by atoms with Crippen molar-refractivity contribution >= 4 is 77.6 Å². The SMILES string of the molecule is CCC(C)c1cc2c(=O)c3ccc4c(OC)c5c(=O)c6c(C)ccc(O)c6c(=O)c5c(O)c4c3c(=O)c2c(=O)n1CC(=O)N1CC(C(=O)N[C@@H](CC(C)C)C(=O)O)NC(=O)C1C. The fraction of sp³-hybridized carbons (Fsp3) is 0.356. The van der Waals surface area contributed by atoms with Crippen molar-refractivity contribution < 1.29 is 39.2 Å². The summed E-state index contributed by atoms with van der Waals surface area (Å²) in [5.74, 6) is -5.75. The molecule has 7 rings (SSSR count). The number of carboxylic acids is 1. The first kappa shape index (κ1) is 42.9. The molecule has 0 radical (unpaired) electrons. The van der Waals surface area contributed by atoms with Crippen LogP contribution in [0.4, 0.5) is 0 Å². The maximum Gasteiger partial charge on any atom is 0.326 e. The van der Waals surface area contributed by atoms with Crippen LogP contribution in [0.25, 0.3) is 53.9 Å². The fourth-order valence-corrected chi connectivity index (χ4v) is 8.68. The average Bonchev–Trinajstić information content (AvgIpc) is 3.22. The van der Waals surface area contributed by atoms with Gasteiger partial charge in [-0.25, -0.2) is 4.79 Å². The molecule has 62 heavy (non-hydrogen) atoms. The summed E-state index contributed by atoms with van der Waals surface area (Å²) in [6.07, 6.45) is 0.527. The lowest BCUT2D eigenvalue weighted by Crippen LogP contribution is -2.65. The zero-order chi connectivity index (χ0) is 45.4. The molecule has 1 aliphatic heterocycles. The predicted molar refractivity (Wildman–Crippen MR) is 231 cm³/mol. The van der Waals surface area contributed by atoms with Crippen LogP contribution >= 0.6 is 0 Å². The zero-order valence-corrected chi connectivity index (χ0v) is 34.9. The number of nitrogens with zero attached hydrogens (tertiary/aromatic N) is 2. The van der Waals surface area contributed by atoms with Gasteiger partial charge in [-0.3, -0.25) is 38.4 Å². The number of aliphatic carboxylic acids is 1. The summed E-state index contributed by atoms with van der Waals surface area (Å²) in [7, 11) is 1.21. The van der Waals surface area contributed by atoms with E-state index in [4.69, 9.17) is 4.74 Å². The molecule has 0 spiro atoms. The standard InChI is InChI=1S/C45H44N4O13/c1-8-18(4)26-14-23-32(44(59)49(26)16-28(51)48-15-25(47-42(57)20(48)6)43(58)46-24(45(60)61)13-17(2)3)38(54)30-21(36(23)52)10-11-22-31(30)39(55)34-35(41(22)62-7)37(53)29-19(5)9-12-27(50)33(29)40(34)56/h9-12,14,17-18,20,24-25,50,55H,8,13,15-16H2,1-7H3,(H,46,58)(H,47,57)(H,60,61)/t18?,20?,24-,25?/m0/s1. The minimum atomic E-state index is -1.34. The van der Waals surface area contributed by atoms with Crippen LogP contribution in [0.3, 0.4) is 0 Å². The van der Waals surface area contributed by atoms with Gasteiger partial charge < -0.3 is 40.2 Å². The highest BCUT2D eigenvalue weighted by Crippen LogP contribution is 2.43. The number of piperazine rings is 1. The first-order chi connectivity index (χ1) is 29.2. The Morgan fingerprint density at radius 2 is 1.48 bits per heavy atom. The van der Waals surface area contributed by atoms with Crippen molar-refractivity contribution in [1.82, 2.24) is 20.1 Å². The Hall–Kier alpha value is -7.17. The van der Waals surface area contributed by atoms with E-state index in [1.165, 1.54) is 44.4 Å². The lowest BCUT2D eigenvalue weighted by atomic mass is 9.90. The van der Waals surface area contributed by atoms with Crippen LogP contribution in [0, 0.1) is 12.8 Å². The number of phenolic OH excluding ortho intramolecular Hbond substituents is 2. The molecule has 1 saturated heterocycles. The highest BCUT2D eigenvalue weighted by Gasteiger charge is 2.39. The first-order valence-corrected chi connectivity index (χ1v) is 20.1. The van der Waals surface area contributed by atoms with Crippen molar-refractivity contribution in [3.05, 3.63) is 92.8 Å². The third-order valence-corrected chi connectivity index (χ3v) is 12.1. The Bertz CT molecular complexity index is 3260. The number of carboxylic acid groups (broad SMARTS) is 1. The highest BCUT2D eigenvalue weighted by atomic mass is 16.5. The van der Waals surface area contributed by atoms with Gasteiger partial charge in [0.2, 0.25) is 28.6 Å². The molecule has 5 N–H and O–H groups in total. The van der Waals surface area contributed by atoms with Crippen LogP contribution in [0.15, 0.2) is 54.3 Å². The van der Waals surface area contributed by atoms with Gasteiger partial charge in [-0.2, -0.15) is 0 Å². The van der Waals surface area contributed by atoms with Gasteiger partial charge in [0.1, 0.15) is 41.9 Å². The van der Waals surface area contributed by atoms with Gasteiger partial charge in [0.15, 0.2) is 10.9 Å². The molecule has 3 amide bonds. The number of fused-ring (bicyclic) bond motifs is 6. The molecule has 0 aliphatic carbocycles. The van der Waals surface area contributed by atoms with E-state index >= 15 is 0 Å². The van der Waals surface area contributed by atoms with E-state index in [0.29, 0.717) is 12.0 Å². The second-order valence-electron chi connectivity index (χ2n) is 16.4. The van der Waals surface area contributed by atoms with Crippen molar-refractivity contribution in [2.75, 3.05) is 13.7 Å². The molecule has 0 saturated carbocycles. The Morgan fingerprint density at radius 3 is 2.11 bits per heavy atom. The molecule has 0 bridgehead atoms. The van der Waals surface area contributed by atoms with Crippen LogP contribution < -0.4 is 42.6 Å². The van der Waals surface area contributed by atoms with Gasteiger partial charge >= 0.3 is 5.97 Å². The van der Waals surface area contributed by atoms with Crippen molar-refractivity contribution in [2.24, 2.45) is 5.92 Å². The molecule has 2 heterocycles. The van der Waals surface area contributed by atoms with E-state index in [0.717, 1.165) is 9.47 Å². The second kappa shape index (κ2) is 15.7. The van der Waals surface area contributed by atoms with E-state index in [1.807, 2.05) is 0 Å². The van der Waals surface area contributed by atoms with Gasteiger partial charge in [-0.1, -0.05) is 33.8 Å². The summed E-state index contributed by atoms with van der Waals surface area (Å²) >= 11 is 0. The molecule has 4 atom stereocenters. The van der Waals surface area contributed by atoms with Crippen LogP contribution in [0.2, 0.25) is 0 Å². The molecule has 17 nitrogen and oxygen atoms in total. The summed E-state index contributed by atoms with van der Waals surface area (Å²) in [6, 6.07) is 2.96. The molecule has 322 valence electrons. The normalized spacial score (nSPS) is 16.6. The van der Waals surface area contributed by atoms with Gasteiger partial charge in [-0.05, 0) is 68.4 Å². The number of nitrogens with one attached hydrogen (secondary N) is 2.